The summed E-state index contributed by atoms with van der Waals surface area (Å²) in [4.78, 5) is 8.62. The van der Waals surface area contributed by atoms with Gasteiger partial charge in [-0.05, 0) is 37.8 Å². The average Bonchev–Trinajstić information content (AvgIpc) is 2.53. The fraction of sp³-hybridized carbons (Fsp3) is 0.444. The lowest BCUT2D eigenvalue weighted by Crippen LogP contribution is -2.35. The van der Waals surface area contributed by atoms with E-state index >= 15 is 0 Å². The maximum atomic E-state index is 5.86. The molecular weight excluding hydrogens is 302 g/mol. The van der Waals surface area contributed by atoms with Crippen molar-refractivity contribution in [2.24, 2.45) is 5.73 Å². The maximum Gasteiger partial charge on any atom is 0.222 e. The van der Waals surface area contributed by atoms with Crippen molar-refractivity contribution in [1.82, 2.24) is 9.97 Å². The molecule has 3 rings (SSSR count). The molecule has 24 heavy (non-hydrogen) atoms. The van der Waals surface area contributed by atoms with Gasteiger partial charge in [0.1, 0.15) is 11.6 Å². The summed E-state index contributed by atoms with van der Waals surface area (Å²) in [6.45, 7) is 3.41. The Balaban J connectivity index is 1.61. The smallest absolute Gasteiger partial charge is 0.222 e. The van der Waals surface area contributed by atoms with E-state index in [1.807, 2.05) is 31.2 Å². The monoisotopic (exact) mass is 327 g/mol. The van der Waals surface area contributed by atoms with Crippen molar-refractivity contribution in [3.05, 3.63) is 41.6 Å². The van der Waals surface area contributed by atoms with Crippen molar-refractivity contribution in [2.45, 2.75) is 38.1 Å². The zero-order valence-electron chi connectivity index (χ0n) is 14.0. The van der Waals surface area contributed by atoms with E-state index in [1.54, 1.807) is 0 Å². The third-order valence-electron chi connectivity index (χ3n) is 4.33. The van der Waals surface area contributed by atoms with E-state index in [4.69, 9.17) is 16.2 Å². The molecule has 128 valence electrons. The summed E-state index contributed by atoms with van der Waals surface area (Å²) in [6, 6.07) is 10.4. The van der Waals surface area contributed by atoms with Gasteiger partial charge in [-0.2, -0.15) is 4.98 Å². The summed E-state index contributed by atoms with van der Waals surface area (Å²) in [7, 11) is 0. The predicted octanol–water partition coefficient (Wildman–Crippen LogP) is 2.32. The number of anilines is 2. The van der Waals surface area contributed by atoms with Crippen molar-refractivity contribution in [3.63, 3.8) is 0 Å². The topological polar surface area (TPSA) is 99.1 Å². The van der Waals surface area contributed by atoms with E-state index < -0.39 is 0 Å². The number of nitrogens with one attached hydrogen (secondary N) is 1. The van der Waals surface area contributed by atoms with Crippen molar-refractivity contribution in [1.29, 1.82) is 0 Å². The molecule has 6 heteroatoms. The molecule has 1 aliphatic rings. The minimum Gasteiger partial charge on any atom is -0.494 e. The molecular formula is C18H25N5O. The van der Waals surface area contributed by atoms with Crippen LogP contribution in [0.3, 0.4) is 0 Å². The number of nitrogen functional groups attached to an aromatic ring is 1. The summed E-state index contributed by atoms with van der Waals surface area (Å²) in [5.74, 6) is 2.43. The first-order valence-corrected chi connectivity index (χ1v) is 8.50. The SMILES string of the molecule is CCOc1ccccc1CCNc1cc(C2CC(N)C2)nc(N)n1. The standard InChI is InChI=1S/C18H25N5O/c1-2-24-16-6-4-3-5-12(16)7-8-21-17-11-15(22-18(20)23-17)13-9-14(19)10-13/h3-6,11,13-14H,2,7-10,19H2,1H3,(H3,20,21,22,23). The van der Waals surface area contributed by atoms with Gasteiger partial charge in [-0.25, -0.2) is 4.98 Å². The Morgan fingerprint density at radius 1 is 1.25 bits per heavy atom. The lowest BCUT2D eigenvalue weighted by molar-refractivity contribution is 0.336. The molecule has 1 fully saturated rings. The molecule has 6 nitrogen and oxygen atoms in total. The van der Waals surface area contributed by atoms with Crippen LogP contribution in [-0.2, 0) is 6.42 Å². The van der Waals surface area contributed by atoms with Gasteiger partial charge in [-0.1, -0.05) is 18.2 Å². The normalized spacial score (nSPS) is 19.6. The molecule has 1 aromatic heterocycles. The number of nitrogens with zero attached hydrogens (tertiary/aromatic N) is 2. The highest BCUT2D eigenvalue weighted by molar-refractivity contribution is 5.42. The highest BCUT2D eigenvalue weighted by Gasteiger charge is 2.29. The number of benzene rings is 1. The first-order chi connectivity index (χ1) is 11.7. The Bertz CT molecular complexity index is 685. The van der Waals surface area contributed by atoms with E-state index in [1.165, 1.54) is 5.56 Å². The Labute approximate surface area is 142 Å². The molecule has 0 saturated heterocycles. The molecule has 2 aromatic rings. The Hall–Kier alpha value is -2.34. The van der Waals surface area contributed by atoms with Crippen LogP contribution >= 0.6 is 0 Å². The average molecular weight is 327 g/mol. The number of para-hydroxylation sites is 1. The van der Waals surface area contributed by atoms with Gasteiger partial charge in [0.15, 0.2) is 0 Å². The van der Waals surface area contributed by atoms with Crippen LogP contribution in [-0.4, -0.2) is 29.2 Å². The zero-order valence-corrected chi connectivity index (χ0v) is 14.0. The number of ether oxygens (including phenoxy) is 1. The molecule has 0 unspecified atom stereocenters. The first kappa shape index (κ1) is 16.5. The lowest BCUT2D eigenvalue weighted by atomic mass is 9.78. The van der Waals surface area contributed by atoms with Crippen LogP contribution in [0, 0.1) is 0 Å². The quantitative estimate of drug-likeness (QED) is 0.722. The molecule has 0 bridgehead atoms. The summed E-state index contributed by atoms with van der Waals surface area (Å²) in [5.41, 5.74) is 13.9. The summed E-state index contributed by atoms with van der Waals surface area (Å²) < 4.78 is 5.66. The van der Waals surface area contributed by atoms with Crippen LogP contribution in [0.5, 0.6) is 5.75 Å². The number of hydrogen-bond donors (Lipinski definition) is 3. The number of nitrogens with two attached hydrogens (primary N) is 2. The molecule has 0 spiro atoms. The van der Waals surface area contributed by atoms with Crippen molar-refractivity contribution in [3.8, 4) is 5.75 Å². The Morgan fingerprint density at radius 2 is 2.04 bits per heavy atom. The van der Waals surface area contributed by atoms with Crippen LogP contribution < -0.4 is 21.5 Å². The second-order valence-corrected chi connectivity index (χ2v) is 6.18. The molecule has 1 aromatic carbocycles. The molecule has 0 atom stereocenters. The maximum absolute atomic E-state index is 5.86. The van der Waals surface area contributed by atoms with E-state index in [-0.39, 0.29) is 6.04 Å². The zero-order chi connectivity index (χ0) is 16.9. The second-order valence-electron chi connectivity index (χ2n) is 6.18. The van der Waals surface area contributed by atoms with Gasteiger partial charge in [0, 0.05) is 24.6 Å². The first-order valence-electron chi connectivity index (χ1n) is 8.50. The minimum absolute atomic E-state index is 0.290. The molecule has 0 aliphatic heterocycles. The third kappa shape index (κ3) is 3.94. The van der Waals surface area contributed by atoms with Gasteiger partial charge in [0.25, 0.3) is 0 Å². The van der Waals surface area contributed by atoms with Crippen LogP contribution in [0.4, 0.5) is 11.8 Å². The van der Waals surface area contributed by atoms with E-state index in [0.717, 1.165) is 43.1 Å². The molecule has 1 heterocycles. The van der Waals surface area contributed by atoms with Gasteiger partial charge in [-0.3, -0.25) is 0 Å². The van der Waals surface area contributed by atoms with Gasteiger partial charge in [0.2, 0.25) is 5.95 Å². The van der Waals surface area contributed by atoms with Crippen LogP contribution in [0.2, 0.25) is 0 Å². The fourth-order valence-electron chi connectivity index (χ4n) is 3.02. The molecule has 1 saturated carbocycles. The molecule has 0 radical (unpaired) electrons. The van der Waals surface area contributed by atoms with Crippen molar-refractivity contribution in [2.75, 3.05) is 24.2 Å². The highest BCUT2D eigenvalue weighted by atomic mass is 16.5. The fourth-order valence-corrected chi connectivity index (χ4v) is 3.02. The third-order valence-corrected chi connectivity index (χ3v) is 4.33. The van der Waals surface area contributed by atoms with Gasteiger partial charge >= 0.3 is 0 Å². The van der Waals surface area contributed by atoms with E-state index in [2.05, 4.69) is 21.4 Å². The summed E-state index contributed by atoms with van der Waals surface area (Å²) in [5, 5.41) is 3.34. The van der Waals surface area contributed by atoms with Crippen LogP contribution in [0.1, 0.15) is 36.9 Å². The van der Waals surface area contributed by atoms with Crippen LogP contribution in [0.15, 0.2) is 30.3 Å². The van der Waals surface area contributed by atoms with Gasteiger partial charge in [0.05, 0.1) is 12.3 Å². The molecule has 5 N–H and O–H groups in total. The number of rotatable bonds is 7. The van der Waals surface area contributed by atoms with E-state index in [9.17, 15) is 0 Å². The number of aromatic nitrogens is 2. The highest BCUT2D eigenvalue weighted by Crippen LogP contribution is 2.35. The van der Waals surface area contributed by atoms with Gasteiger partial charge < -0.3 is 21.5 Å². The molecule has 1 aliphatic carbocycles. The second kappa shape index (κ2) is 7.49. The largest absolute Gasteiger partial charge is 0.494 e. The summed E-state index contributed by atoms with van der Waals surface area (Å²) >= 11 is 0. The summed E-state index contributed by atoms with van der Waals surface area (Å²) in [6.07, 6.45) is 2.79. The lowest BCUT2D eigenvalue weighted by Gasteiger charge is -2.32. The number of hydrogen-bond acceptors (Lipinski definition) is 6. The van der Waals surface area contributed by atoms with Crippen molar-refractivity contribution < 1.29 is 4.74 Å². The predicted molar refractivity (Wildman–Crippen MR) is 96.2 cm³/mol. The molecule has 0 amide bonds. The van der Waals surface area contributed by atoms with E-state index in [0.29, 0.717) is 18.5 Å². The van der Waals surface area contributed by atoms with Crippen LogP contribution in [0.25, 0.3) is 0 Å². The Kier molecular flexibility index (Phi) is 5.15. The Morgan fingerprint density at radius 3 is 2.79 bits per heavy atom. The van der Waals surface area contributed by atoms with Crippen molar-refractivity contribution >= 4 is 11.8 Å². The minimum atomic E-state index is 0.290. The van der Waals surface area contributed by atoms with Gasteiger partial charge in [-0.15, -0.1) is 0 Å².